The second-order valence-corrected chi connectivity index (χ2v) is 6.28. The second-order valence-electron chi connectivity index (χ2n) is 6.28. The summed E-state index contributed by atoms with van der Waals surface area (Å²) < 4.78 is 0. The van der Waals surface area contributed by atoms with Gasteiger partial charge in [0.1, 0.15) is 0 Å². The van der Waals surface area contributed by atoms with Crippen LogP contribution in [0.5, 0.6) is 0 Å². The van der Waals surface area contributed by atoms with Gasteiger partial charge in [-0.1, -0.05) is 19.3 Å². The second kappa shape index (κ2) is 6.57. The molecule has 114 valence electrons. The van der Waals surface area contributed by atoms with Gasteiger partial charge in [0.15, 0.2) is 0 Å². The maximum atomic E-state index is 12.5. The highest BCUT2D eigenvalue weighted by Crippen LogP contribution is 2.31. The molecule has 2 fully saturated rings. The molecule has 1 amide bonds. The Labute approximate surface area is 120 Å². The summed E-state index contributed by atoms with van der Waals surface area (Å²) in [5, 5.41) is 12.5. The normalized spacial score (nSPS) is 26.2. The van der Waals surface area contributed by atoms with Crippen molar-refractivity contribution in [3.05, 3.63) is 0 Å². The predicted molar refractivity (Wildman–Crippen MR) is 76.4 cm³/mol. The fourth-order valence-corrected chi connectivity index (χ4v) is 3.55. The van der Waals surface area contributed by atoms with Gasteiger partial charge in [-0.2, -0.15) is 0 Å². The molecule has 0 aromatic rings. The van der Waals surface area contributed by atoms with Gasteiger partial charge >= 0.3 is 5.97 Å². The number of carboxylic acids is 1. The Balaban J connectivity index is 1.94. The van der Waals surface area contributed by atoms with Gasteiger partial charge in [0, 0.05) is 25.0 Å². The van der Waals surface area contributed by atoms with E-state index in [1.54, 1.807) is 4.90 Å². The molecule has 5 heteroatoms. The quantitative estimate of drug-likeness (QED) is 0.822. The summed E-state index contributed by atoms with van der Waals surface area (Å²) in [5.74, 6) is -1.04. The van der Waals surface area contributed by atoms with Gasteiger partial charge < -0.3 is 15.3 Å². The first kappa shape index (κ1) is 15.3. The molecule has 1 aliphatic heterocycles. The third-order valence-electron chi connectivity index (χ3n) is 4.95. The molecule has 1 unspecified atom stereocenters. The highest BCUT2D eigenvalue weighted by molar-refractivity contribution is 5.79. The molecule has 2 N–H and O–H groups in total. The maximum absolute atomic E-state index is 12.5. The number of aliphatic carboxylic acids is 1. The van der Waals surface area contributed by atoms with Crippen LogP contribution in [0.1, 0.15) is 51.4 Å². The minimum atomic E-state index is -0.775. The molecular weight excluding hydrogens is 256 g/mol. The SMILES string of the molecule is CNC1(CC(=O)N2CCCC(C(=O)O)C2)CCCCC1. The van der Waals surface area contributed by atoms with Crippen molar-refractivity contribution in [1.82, 2.24) is 10.2 Å². The summed E-state index contributed by atoms with van der Waals surface area (Å²) in [4.78, 5) is 25.3. The van der Waals surface area contributed by atoms with Crippen molar-refractivity contribution in [3.8, 4) is 0 Å². The predicted octanol–water partition coefficient (Wildman–Crippen LogP) is 1.62. The van der Waals surface area contributed by atoms with Crippen molar-refractivity contribution in [2.45, 2.75) is 56.9 Å². The molecular formula is C15H26N2O3. The first-order valence-electron chi connectivity index (χ1n) is 7.76. The highest BCUT2D eigenvalue weighted by atomic mass is 16.4. The van der Waals surface area contributed by atoms with Gasteiger partial charge in [-0.05, 0) is 32.7 Å². The van der Waals surface area contributed by atoms with Gasteiger partial charge in [0.05, 0.1) is 5.92 Å². The van der Waals surface area contributed by atoms with Gasteiger partial charge in [0.25, 0.3) is 0 Å². The molecule has 1 atom stereocenters. The number of hydrogen-bond acceptors (Lipinski definition) is 3. The van der Waals surface area contributed by atoms with Crippen LogP contribution in [0.2, 0.25) is 0 Å². The first-order chi connectivity index (χ1) is 9.56. The van der Waals surface area contributed by atoms with E-state index in [1.807, 2.05) is 7.05 Å². The molecule has 5 nitrogen and oxygen atoms in total. The molecule has 0 radical (unpaired) electrons. The van der Waals surface area contributed by atoms with Crippen molar-refractivity contribution < 1.29 is 14.7 Å². The summed E-state index contributed by atoms with van der Waals surface area (Å²) in [6.07, 6.45) is 7.69. The lowest BCUT2D eigenvalue weighted by Crippen LogP contribution is -2.51. The molecule has 2 aliphatic rings. The lowest BCUT2D eigenvalue weighted by molar-refractivity contribution is -0.146. The lowest BCUT2D eigenvalue weighted by atomic mass is 9.79. The zero-order valence-electron chi connectivity index (χ0n) is 12.4. The Kier molecular flexibility index (Phi) is 5.02. The van der Waals surface area contributed by atoms with Crippen molar-refractivity contribution in [2.75, 3.05) is 20.1 Å². The van der Waals surface area contributed by atoms with E-state index < -0.39 is 5.97 Å². The van der Waals surface area contributed by atoms with E-state index in [-0.39, 0.29) is 17.4 Å². The number of likely N-dealkylation sites (tertiary alicyclic amines) is 1. The zero-order chi connectivity index (χ0) is 14.6. The molecule has 20 heavy (non-hydrogen) atoms. The Morgan fingerprint density at radius 3 is 2.55 bits per heavy atom. The van der Waals surface area contributed by atoms with Crippen LogP contribution in [-0.2, 0) is 9.59 Å². The number of hydrogen-bond donors (Lipinski definition) is 2. The van der Waals surface area contributed by atoms with Crippen LogP contribution in [0, 0.1) is 5.92 Å². The van der Waals surface area contributed by atoms with Crippen molar-refractivity contribution in [3.63, 3.8) is 0 Å². The fourth-order valence-electron chi connectivity index (χ4n) is 3.55. The molecule has 0 aromatic carbocycles. The van der Waals surface area contributed by atoms with Gasteiger partial charge in [0.2, 0.25) is 5.91 Å². The Morgan fingerprint density at radius 2 is 1.95 bits per heavy atom. The van der Waals surface area contributed by atoms with Gasteiger partial charge in [-0.25, -0.2) is 0 Å². The smallest absolute Gasteiger partial charge is 0.308 e. The van der Waals surface area contributed by atoms with Crippen LogP contribution in [0.15, 0.2) is 0 Å². The third-order valence-corrected chi connectivity index (χ3v) is 4.95. The van der Waals surface area contributed by atoms with E-state index in [4.69, 9.17) is 5.11 Å². The maximum Gasteiger partial charge on any atom is 0.308 e. The summed E-state index contributed by atoms with van der Waals surface area (Å²) in [5.41, 5.74) is -0.0640. The first-order valence-corrected chi connectivity index (χ1v) is 7.76. The number of piperidine rings is 1. The summed E-state index contributed by atoms with van der Waals surface area (Å²) in [7, 11) is 1.94. The number of nitrogens with one attached hydrogen (secondary N) is 1. The number of amides is 1. The summed E-state index contributed by atoms with van der Waals surface area (Å²) in [6, 6.07) is 0. The van der Waals surface area contributed by atoms with Gasteiger partial charge in [-0.3, -0.25) is 9.59 Å². The zero-order valence-corrected chi connectivity index (χ0v) is 12.4. The Hall–Kier alpha value is -1.10. The minimum Gasteiger partial charge on any atom is -0.481 e. The van der Waals surface area contributed by atoms with E-state index in [2.05, 4.69) is 5.32 Å². The molecule has 1 saturated heterocycles. The standard InChI is InChI=1S/C15H26N2O3/c1-16-15(7-3-2-4-8-15)10-13(18)17-9-5-6-12(11-17)14(19)20/h12,16H,2-11H2,1H3,(H,19,20). The summed E-state index contributed by atoms with van der Waals surface area (Å²) in [6.45, 7) is 1.09. The minimum absolute atomic E-state index is 0.0640. The molecule has 1 saturated carbocycles. The lowest BCUT2D eigenvalue weighted by Gasteiger charge is -2.39. The van der Waals surface area contributed by atoms with Gasteiger partial charge in [-0.15, -0.1) is 0 Å². The number of carbonyl (C=O) groups is 2. The van der Waals surface area contributed by atoms with Crippen molar-refractivity contribution in [2.24, 2.45) is 5.92 Å². The number of rotatable bonds is 4. The molecule has 2 rings (SSSR count). The van der Waals surface area contributed by atoms with E-state index in [9.17, 15) is 9.59 Å². The highest BCUT2D eigenvalue weighted by Gasteiger charge is 2.36. The molecule has 1 aliphatic carbocycles. The largest absolute Gasteiger partial charge is 0.481 e. The van der Waals surface area contributed by atoms with E-state index in [0.29, 0.717) is 25.9 Å². The van der Waals surface area contributed by atoms with Crippen LogP contribution < -0.4 is 5.32 Å². The van der Waals surface area contributed by atoms with Crippen LogP contribution in [0.4, 0.5) is 0 Å². The van der Waals surface area contributed by atoms with Crippen LogP contribution >= 0.6 is 0 Å². The monoisotopic (exact) mass is 282 g/mol. The molecule has 0 spiro atoms. The molecule has 0 bridgehead atoms. The Bertz CT molecular complexity index is 364. The van der Waals surface area contributed by atoms with Crippen LogP contribution in [0.25, 0.3) is 0 Å². The van der Waals surface area contributed by atoms with Crippen LogP contribution in [-0.4, -0.2) is 47.6 Å². The van der Waals surface area contributed by atoms with Crippen LogP contribution in [0.3, 0.4) is 0 Å². The van der Waals surface area contributed by atoms with Crippen molar-refractivity contribution >= 4 is 11.9 Å². The number of carboxylic acid groups (broad SMARTS) is 1. The van der Waals surface area contributed by atoms with Crippen molar-refractivity contribution in [1.29, 1.82) is 0 Å². The van der Waals surface area contributed by atoms with E-state index >= 15 is 0 Å². The van der Waals surface area contributed by atoms with E-state index in [1.165, 1.54) is 19.3 Å². The number of carbonyl (C=O) groups excluding carboxylic acids is 1. The third kappa shape index (κ3) is 3.51. The van der Waals surface area contributed by atoms with E-state index in [0.717, 1.165) is 19.3 Å². The molecule has 0 aromatic heterocycles. The topological polar surface area (TPSA) is 69.6 Å². The average Bonchev–Trinajstić information content (AvgIpc) is 2.48. The molecule has 1 heterocycles. The summed E-state index contributed by atoms with van der Waals surface area (Å²) >= 11 is 0. The average molecular weight is 282 g/mol. The number of nitrogens with zero attached hydrogens (tertiary/aromatic N) is 1. The Morgan fingerprint density at radius 1 is 1.25 bits per heavy atom. The fraction of sp³-hybridized carbons (Fsp3) is 0.867.